The first-order valence-corrected chi connectivity index (χ1v) is 8.92. The van der Waals surface area contributed by atoms with Gasteiger partial charge in [0, 0.05) is 39.1 Å². The monoisotopic (exact) mass is 335 g/mol. The third kappa shape index (κ3) is 4.17. The molecule has 0 radical (unpaired) electrons. The van der Waals surface area contributed by atoms with E-state index in [-0.39, 0.29) is 0 Å². The largest absolute Gasteiger partial charge is 0.379 e. The van der Waals surface area contributed by atoms with Gasteiger partial charge in [-0.3, -0.25) is 9.58 Å². The smallest absolute Gasteiger partial charge is 0.100 e. The lowest BCUT2D eigenvalue weighted by molar-refractivity contribution is 0.0835. The van der Waals surface area contributed by atoms with Crippen molar-refractivity contribution in [3.05, 3.63) is 33.8 Å². The fourth-order valence-corrected chi connectivity index (χ4v) is 3.72. The van der Waals surface area contributed by atoms with Crippen molar-refractivity contribution in [3.63, 3.8) is 0 Å². The van der Waals surface area contributed by atoms with Gasteiger partial charge in [-0.25, -0.2) is 0 Å². The van der Waals surface area contributed by atoms with Crippen LogP contribution >= 0.6 is 11.3 Å². The van der Waals surface area contributed by atoms with Crippen molar-refractivity contribution >= 4 is 11.3 Å². The third-order valence-electron chi connectivity index (χ3n) is 4.17. The number of fused-ring (bicyclic) bond motifs is 1. The molecule has 0 saturated heterocycles. The molecule has 0 spiro atoms. The van der Waals surface area contributed by atoms with Gasteiger partial charge >= 0.3 is 0 Å². The van der Waals surface area contributed by atoms with Crippen LogP contribution in [-0.4, -0.2) is 65.2 Å². The van der Waals surface area contributed by atoms with Crippen molar-refractivity contribution in [3.8, 4) is 0 Å². The number of rotatable bonds is 7. The lowest BCUT2D eigenvalue weighted by Crippen LogP contribution is -2.36. The standard InChI is InChI=1S/C16H25N5OS/c1-19(2)5-6-22-11-14-9-21(8-13-4-7-23-12-13)10-15-16(14)20(3)18-17-15/h4,7,12,14H,5-6,8-11H2,1-3H3/t14-/m1/s1. The number of hydrogen-bond donors (Lipinski definition) is 0. The SMILES string of the molecule is CN(C)CCOC[C@H]1CN(Cc2ccsc2)Cc2nnn(C)c21. The molecule has 7 heteroatoms. The second-order valence-electron chi connectivity index (χ2n) is 6.42. The molecule has 23 heavy (non-hydrogen) atoms. The summed E-state index contributed by atoms with van der Waals surface area (Å²) >= 11 is 1.75. The molecule has 0 aliphatic carbocycles. The Morgan fingerprint density at radius 3 is 3.04 bits per heavy atom. The van der Waals surface area contributed by atoms with E-state index in [9.17, 15) is 0 Å². The lowest BCUT2D eigenvalue weighted by atomic mass is 9.98. The minimum Gasteiger partial charge on any atom is -0.379 e. The zero-order chi connectivity index (χ0) is 16.2. The number of nitrogens with zero attached hydrogens (tertiary/aromatic N) is 5. The molecule has 1 aliphatic heterocycles. The van der Waals surface area contributed by atoms with Gasteiger partial charge in [0.2, 0.25) is 0 Å². The number of thiophene rings is 1. The van der Waals surface area contributed by atoms with Crippen LogP contribution in [0.1, 0.15) is 22.9 Å². The Morgan fingerprint density at radius 2 is 2.30 bits per heavy atom. The first kappa shape index (κ1) is 16.6. The van der Waals surface area contributed by atoms with Gasteiger partial charge in [0.15, 0.2) is 0 Å². The Morgan fingerprint density at radius 1 is 1.43 bits per heavy atom. The molecule has 1 aliphatic rings. The van der Waals surface area contributed by atoms with Gasteiger partial charge in [-0.2, -0.15) is 11.3 Å². The van der Waals surface area contributed by atoms with E-state index >= 15 is 0 Å². The summed E-state index contributed by atoms with van der Waals surface area (Å²) in [5.41, 5.74) is 3.70. The maximum absolute atomic E-state index is 5.91. The second-order valence-corrected chi connectivity index (χ2v) is 7.20. The maximum atomic E-state index is 5.91. The van der Waals surface area contributed by atoms with Gasteiger partial charge < -0.3 is 9.64 Å². The number of aromatic nitrogens is 3. The van der Waals surface area contributed by atoms with Crippen molar-refractivity contribution in [1.82, 2.24) is 24.8 Å². The molecule has 2 aromatic heterocycles. The Labute approximate surface area is 141 Å². The predicted octanol–water partition coefficient (Wildman–Crippen LogP) is 1.55. The zero-order valence-electron chi connectivity index (χ0n) is 14.1. The van der Waals surface area contributed by atoms with Crippen molar-refractivity contribution in [2.45, 2.75) is 19.0 Å². The molecule has 0 fully saturated rings. The van der Waals surface area contributed by atoms with E-state index in [4.69, 9.17) is 4.74 Å². The minimum absolute atomic E-state index is 0.333. The summed E-state index contributed by atoms with van der Waals surface area (Å²) in [5, 5.41) is 12.9. The van der Waals surface area contributed by atoms with Crippen LogP contribution < -0.4 is 0 Å². The molecule has 6 nitrogen and oxygen atoms in total. The molecule has 0 unspecified atom stereocenters. The zero-order valence-corrected chi connectivity index (χ0v) is 14.9. The van der Waals surface area contributed by atoms with Crippen molar-refractivity contribution < 1.29 is 4.74 Å². The Bertz CT molecular complexity index is 610. The normalized spacial score (nSPS) is 18.5. The predicted molar refractivity (Wildman–Crippen MR) is 91.6 cm³/mol. The lowest BCUT2D eigenvalue weighted by Gasteiger charge is -2.32. The highest BCUT2D eigenvalue weighted by atomic mass is 32.1. The van der Waals surface area contributed by atoms with E-state index < -0.39 is 0 Å². The van der Waals surface area contributed by atoms with Gasteiger partial charge in [0.25, 0.3) is 0 Å². The van der Waals surface area contributed by atoms with Crippen LogP contribution in [0, 0.1) is 0 Å². The van der Waals surface area contributed by atoms with E-state index in [0.717, 1.165) is 45.1 Å². The van der Waals surface area contributed by atoms with Crippen LogP contribution in [0.2, 0.25) is 0 Å². The van der Waals surface area contributed by atoms with Crippen molar-refractivity contribution in [2.75, 3.05) is 40.4 Å². The summed E-state index contributed by atoms with van der Waals surface area (Å²) in [7, 11) is 6.11. The van der Waals surface area contributed by atoms with E-state index in [1.807, 2.05) is 11.7 Å². The maximum Gasteiger partial charge on any atom is 0.100 e. The fraction of sp³-hybridized carbons (Fsp3) is 0.625. The second kappa shape index (κ2) is 7.53. The Balaban J connectivity index is 1.65. The van der Waals surface area contributed by atoms with E-state index in [0.29, 0.717) is 5.92 Å². The highest BCUT2D eigenvalue weighted by molar-refractivity contribution is 7.07. The number of hydrogen-bond acceptors (Lipinski definition) is 6. The van der Waals surface area contributed by atoms with Crippen LogP contribution in [0.25, 0.3) is 0 Å². The molecular weight excluding hydrogens is 310 g/mol. The summed E-state index contributed by atoms with van der Waals surface area (Å²) < 4.78 is 7.83. The summed E-state index contributed by atoms with van der Waals surface area (Å²) in [6.45, 7) is 5.26. The van der Waals surface area contributed by atoms with Crippen LogP contribution in [0.15, 0.2) is 16.8 Å². The molecular formula is C16H25N5OS. The molecule has 0 aromatic carbocycles. The van der Waals surface area contributed by atoms with Gasteiger partial charge in [-0.05, 0) is 36.5 Å². The van der Waals surface area contributed by atoms with Crippen molar-refractivity contribution in [2.24, 2.45) is 7.05 Å². The molecule has 2 aromatic rings. The number of ether oxygens (including phenoxy) is 1. The summed E-state index contributed by atoms with van der Waals surface area (Å²) in [5.74, 6) is 0.333. The highest BCUT2D eigenvalue weighted by Gasteiger charge is 2.30. The molecule has 0 amide bonds. The van der Waals surface area contributed by atoms with Crippen LogP contribution in [-0.2, 0) is 24.9 Å². The molecule has 0 bridgehead atoms. The quantitative estimate of drug-likeness (QED) is 0.719. The van der Waals surface area contributed by atoms with Gasteiger partial charge in [-0.1, -0.05) is 5.21 Å². The molecule has 126 valence electrons. The molecule has 0 saturated carbocycles. The Hall–Kier alpha value is -1.28. The highest BCUT2D eigenvalue weighted by Crippen LogP contribution is 2.28. The summed E-state index contributed by atoms with van der Waals surface area (Å²) in [6.07, 6.45) is 0. The van der Waals surface area contributed by atoms with Crippen molar-refractivity contribution in [1.29, 1.82) is 0 Å². The van der Waals surface area contributed by atoms with Gasteiger partial charge in [0.1, 0.15) is 5.69 Å². The first-order valence-electron chi connectivity index (χ1n) is 7.98. The van der Waals surface area contributed by atoms with Crippen LogP contribution in [0.3, 0.4) is 0 Å². The fourth-order valence-electron chi connectivity index (χ4n) is 3.06. The van der Waals surface area contributed by atoms with Crippen LogP contribution in [0.5, 0.6) is 0 Å². The molecule has 1 atom stereocenters. The molecule has 3 heterocycles. The minimum atomic E-state index is 0.333. The molecule has 0 N–H and O–H groups in total. The average molecular weight is 335 g/mol. The first-order chi connectivity index (χ1) is 11.1. The number of aryl methyl sites for hydroxylation is 1. The van der Waals surface area contributed by atoms with E-state index in [2.05, 4.69) is 51.0 Å². The third-order valence-corrected chi connectivity index (χ3v) is 4.90. The summed E-state index contributed by atoms with van der Waals surface area (Å²) in [6, 6.07) is 2.19. The topological polar surface area (TPSA) is 46.4 Å². The van der Waals surface area contributed by atoms with E-state index in [1.165, 1.54) is 11.3 Å². The summed E-state index contributed by atoms with van der Waals surface area (Å²) in [4.78, 5) is 4.58. The van der Waals surface area contributed by atoms with Gasteiger partial charge in [0.05, 0.1) is 18.9 Å². The van der Waals surface area contributed by atoms with Crippen LogP contribution in [0.4, 0.5) is 0 Å². The Kier molecular flexibility index (Phi) is 5.42. The van der Waals surface area contributed by atoms with E-state index in [1.54, 1.807) is 11.3 Å². The average Bonchev–Trinajstić information content (AvgIpc) is 3.14. The number of likely N-dealkylation sites (N-methyl/N-ethyl adjacent to an activating group) is 1. The molecule has 3 rings (SSSR count). The van der Waals surface area contributed by atoms with Gasteiger partial charge in [-0.15, -0.1) is 5.10 Å².